The molecular weight excluding hydrogens is 296 g/mol. The summed E-state index contributed by atoms with van der Waals surface area (Å²) < 4.78 is 10.6. The number of phenolic OH excluding ortho intramolecular Hbond substituents is 1. The molecule has 0 fully saturated rings. The lowest BCUT2D eigenvalue weighted by Gasteiger charge is -2.20. The summed E-state index contributed by atoms with van der Waals surface area (Å²) in [6, 6.07) is 12.0. The molecule has 0 radical (unpaired) electrons. The van der Waals surface area contributed by atoms with Crippen molar-refractivity contribution in [2.24, 2.45) is 0 Å². The van der Waals surface area contributed by atoms with Crippen LogP contribution >= 0.6 is 0 Å². The van der Waals surface area contributed by atoms with Crippen molar-refractivity contribution in [1.82, 2.24) is 0 Å². The number of carbonyl (C=O) groups is 2. The molecule has 23 heavy (non-hydrogen) atoms. The normalized spacial score (nSPS) is 10.9. The summed E-state index contributed by atoms with van der Waals surface area (Å²) >= 11 is 0. The molecule has 0 heterocycles. The third-order valence-corrected chi connectivity index (χ3v) is 2.81. The highest BCUT2D eigenvalue weighted by atomic mass is 16.6. The van der Waals surface area contributed by atoms with Crippen LogP contribution in [0.1, 0.15) is 41.5 Å². The molecule has 0 aliphatic rings. The molecule has 0 aliphatic carbocycles. The van der Waals surface area contributed by atoms with E-state index in [4.69, 9.17) is 9.47 Å². The van der Waals surface area contributed by atoms with E-state index in [1.54, 1.807) is 32.9 Å². The van der Waals surface area contributed by atoms with Gasteiger partial charge in [-0.15, -0.1) is 0 Å². The zero-order valence-electron chi connectivity index (χ0n) is 13.2. The van der Waals surface area contributed by atoms with Crippen molar-refractivity contribution in [2.75, 3.05) is 0 Å². The lowest BCUT2D eigenvalue weighted by molar-refractivity contribution is 0.00669. The molecule has 0 aliphatic heterocycles. The van der Waals surface area contributed by atoms with Crippen LogP contribution in [-0.4, -0.2) is 22.6 Å². The first kappa shape index (κ1) is 16.5. The van der Waals surface area contributed by atoms with Crippen molar-refractivity contribution in [1.29, 1.82) is 0 Å². The van der Waals surface area contributed by atoms with Crippen molar-refractivity contribution >= 4 is 11.9 Å². The number of ether oxygens (including phenoxy) is 2. The Hall–Kier alpha value is -2.82. The Morgan fingerprint density at radius 3 is 2.13 bits per heavy atom. The summed E-state index contributed by atoms with van der Waals surface area (Å²) in [5, 5.41) is 9.24. The molecule has 0 saturated carbocycles. The third-order valence-electron chi connectivity index (χ3n) is 2.81. The van der Waals surface area contributed by atoms with Gasteiger partial charge in [0.05, 0.1) is 5.56 Å². The summed E-state index contributed by atoms with van der Waals surface area (Å²) in [4.78, 5) is 24.3. The summed E-state index contributed by atoms with van der Waals surface area (Å²) in [5.41, 5.74) is -0.207. The highest BCUT2D eigenvalue weighted by Gasteiger charge is 2.22. The van der Waals surface area contributed by atoms with Crippen molar-refractivity contribution in [3.8, 4) is 11.5 Å². The van der Waals surface area contributed by atoms with Crippen LogP contribution in [0.5, 0.6) is 11.5 Å². The second-order valence-corrected chi connectivity index (χ2v) is 5.93. The second kappa shape index (κ2) is 6.52. The van der Waals surface area contributed by atoms with E-state index in [2.05, 4.69) is 0 Å². The minimum atomic E-state index is -0.648. The summed E-state index contributed by atoms with van der Waals surface area (Å²) in [6.07, 6.45) is 0. The highest BCUT2D eigenvalue weighted by Crippen LogP contribution is 2.23. The van der Waals surface area contributed by atoms with E-state index >= 15 is 0 Å². The molecule has 1 N–H and O–H groups in total. The smallest absolute Gasteiger partial charge is 0.343 e. The molecule has 0 amide bonds. The van der Waals surface area contributed by atoms with E-state index in [1.807, 2.05) is 0 Å². The monoisotopic (exact) mass is 314 g/mol. The molecule has 5 heteroatoms. The molecule has 2 rings (SSSR count). The molecule has 0 atom stereocenters. The van der Waals surface area contributed by atoms with Crippen LogP contribution in [-0.2, 0) is 4.74 Å². The van der Waals surface area contributed by atoms with Gasteiger partial charge in [-0.1, -0.05) is 12.1 Å². The lowest BCUT2D eigenvalue weighted by Crippen LogP contribution is -2.24. The minimum Gasteiger partial charge on any atom is -0.508 e. The minimum absolute atomic E-state index is 0.0516. The van der Waals surface area contributed by atoms with E-state index in [-0.39, 0.29) is 22.6 Å². The first-order valence-corrected chi connectivity index (χ1v) is 7.10. The molecule has 0 saturated heterocycles. The van der Waals surface area contributed by atoms with Crippen LogP contribution in [0.15, 0.2) is 48.5 Å². The first-order chi connectivity index (χ1) is 10.8. The number of phenols is 1. The summed E-state index contributed by atoms with van der Waals surface area (Å²) in [7, 11) is 0. The van der Waals surface area contributed by atoms with Gasteiger partial charge in [0.15, 0.2) is 0 Å². The number of hydrogen-bond acceptors (Lipinski definition) is 5. The Morgan fingerprint density at radius 2 is 1.52 bits per heavy atom. The lowest BCUT2D eigenvalue weighted by atomic mass is 10.1. The molecule has 0 bridgehead atoms. The van der Waals surface area contributed by atoms with Crippen LogP contribution in [0, 0.1) is 0 Å². The number of rotatable bonds is 3. The zero-order valence-corrected chi connectivity index (χ0v) is 13.2. The molecule has 120 valence electrons. The van der Waals surface area contributed by atoms with Gasteiger partial charge in [0, 0.05) is 0 Å². The van der Waals surface area contributed by atoms with Gasteiger partial charge in [-0.2, -0.15) is 0 Å². The molecular formula is C18H18O5. The fourth-order valence-electron chi connectivity index (χ4n) is 1.81. The zero-order chi connectivity index (χ0) is 17.0. The molecule has 2 aromatic rings. The standard InChI is InChI=1S/C18H18O5/c1-18(2,3)23-17(21)14-6-4-5-7-15(14)22-16(20)12-8-10-13(19)11-9-12/h4-11,19H,1-3H3. The van der Waals surface area contributed by atoms with Crippen molar-refractivity contribution in [2.45, 2.75) is 26.4 Å². The fraction of sp³-hybridized carbons (Fsp3) is 0.222. The quantitative estimate of drug-likeness (QED) is 0.692. The van der Waals surface area contributed by atoms with Gasteiger partial charge >= 0.3 is 11.9 Å². The number of carbonyl (C=O) groups excluding carboxylic acids is 2. The predicted octanol–water partition coefficient (Wildman–Crippen LogP) is 3.57. The number of esters is 2. The Labute approximate surface area is 134 Å². The van der Waals surface area contributed by atoms with E-state index < -0.39 is 17.5 Å². The Morgan fingerprint density at radius 1 is 0.913 bits per heavy atom. The maximum Gasteiger partial charge on any atom is 0.343 e. The Balaban J connectivity index is 2.22. The van der Waals surface area contributed by atoms with Crippen LogP contribution in [0.2, 0.25) is 0 Å². The number of para-hydroxylation sites is 1. The number of hydrogen-bond donors (Lipinski definition) is 1. The number of benzene rings is 2. The van der Waals surface area contributed by atoms with Crippen molar-refractivity contribution in [3.05, 3.63) is 59.7 Å². The van der Waals surface area contributed by atoms with Crippen LogP contribution < -0.4 is 4.74 Å². The Bertz CT molecular complexity index is 711. The average Bonchev–Trinajstić information content (AvgIpc) is 2.46. The van der Waals surface area contributed by atoms with Gasteiger partial charge in [0.1, 0.15) is 22.7 Å². The first-order valence-electron chi connectivity index (χ1n) is 7.10. The van der Waals surface area contributed by atoms with Crippen LogP contribution in [0.4, 0.5) is 0 Å². The summed E-state index contributed by atoms with van der Waals surface area (Å²) in [6.45, 7) is 5.28. The van der Waals surface area contributed by atoms with Gasteiger partial charge < -0.3 is 14.6 Å². The van der Waals surface area contributed by atoms with Gasteiger partial charge in [-0.05, 0) is 57.2 Å². The van der Waals surface area contributed by atoms with E-state index in [0.717, 1.165) is 0 Å². The van der Waals surface area contributed by atoms with Crippen LogP contribution in [0.3, 0.4) is 0 Å². The van der Waals surface area contributed by atoms with Gasteiger partial charge in [-0.25, -0.2) is 9.59 Å². The van der Waals surface area contributed by atoms with Crippen molar-refractivity contribution in [3.63, 3.8) is 0 Å². The summed E-state index contributed by atoms with van der Waals surface area (Å²) in [5.74, 6) is -1.01. The topological polar surface area (TPSA) is 72.8 Å². The van der Waals surface area contributed by atoms with E-state index in [0.29, 0.717) is 0 Å². The second-order valence-electron chi connectivity index (χ2n) is 5.93. The molecule has 0 unspecified atom stereocenters. The SMILES string of the molecule is CC(C)(C)OC(=O)c1ccccc1OC(=O)c1ccc(O)cc1. The molecule has 2 aromatic carbocycles. The maximum absolute atomic E-state index is 12.2. The predicted molar refractivity (Wildman–Crippen MR) is 84.7 cm³/mol. The maximum atomic E-state index is 12.2. The van der Waals surface area contributed by atoms with Gasteiger partial charge in [-0.3, -0.25) is 0 Å². The largest absolute Gasteiger partial charge is 0.508 e. The molecule has 5 nitrogen and oxygen atoms in total. The Kier molecular flexibility index (Phi) is 4.69. The highest BCUT2D eigenvalue weighted by molar-refractivity contribution is 5.96. The van der Waals surface area contributed by atoms with E-state index in [9.17, 15) is 14.7 Å². The third kappa shape index (κ3) is 4.57. The average molecular weight is 314 g/mol. The van der Waals surface area contributed by atoms with Gasteiger partial charge in [0.2, 0.25) is 0 Å². The van der Waals surface area contributed by atoms with Gasteiger partial charge in [0.25, 0.3) is 0 Å². The fourth-order valence-corrected chi connectivity index (χ4v) is 1.81. The number of aromatic hydroxyl groups is 1. The molecule has 0 spiro atoms. The molecule has 0 aromatic heterocycles. The van der Waals surface area contributed by atoms with Crippen molar-refractivity contribution < 1.29 is 24.2 Å². The van der Waals surface area contributed by atoms with Crippen LogP contribution in [0.25, 0.3) is 0 Å². The van der Waals surface area contributed by atoms with E-state index in [1.165, 1.54) is 36.4 Å².